The maximum absolute atomic E-state index is 12.0. The van der Waals surface area contributed by atoms with Crippen LogP contribution in [0.15, 0.2) is 9.72 Å². The molecule has 1 fully saturated rings. The van der Waals surface area contributed by atoms with Gasteiger partial charge < -0.3 is 9.84 Å². The molecule has 0 aliphatic heterocycles. The van der Waals surface area contributed by atoms with Crippen LogP contribution in [0.5, 0.6) is 0 Å². The number of aromatic nitrogens is 1. The molecule has 7 nitrogen and oxygen atoms in total. The molecular formula is C11H16N2O5S2. The van der Waals surface area contributed by atoms with Gasteiger partial charge in [0.05, 0.1) is 18.2 Å². The third-order valence-electron chi connectivity index (χ3n) is 3.03. The number of hydrogen-bond acceptors (Lipinski definition) is 6. The zero-order chi connectivity index (χ0) is 14.6. The molecule has 2 rings (SSSR count). The number of carbonyl (C=O) groups is 1. The first kappa shape index (κ1) is 15.4. The van der Waals surface area contributed by atoms with E-state index in [4.69, 9.17) is 9.84 Å². The zero-order valence-electron chi connectivity index (χ0n) is 10.7. The summed E-state index contributed by atoms with van der Waals surface area (Å²) in [6.07, 6.45) is 4.56. The minimum atomic E-state index is -3.84. The summed E-state index contributed by atoms with van der Waals surface area (Å²) in [6, 6.07) is 0. The summed E-state index contributed by atoms with van der Waals surface area (Å²) in [5.74, 6) is -1.35. The Bertz CT molecular complexity index is 563. The molecule has 0 saturated heterocycles. The van der Waals surface area contributed by atoms with Crippen LogP contribution in [0, 0.1) is 0 Å². The van der Waals surface area contributed by atoms with Gasteiger partial charge in [-0.25, -0.2) is 22.9 Å². The standard InChI is InChI=1S/C11H16N2O5S2/c14-10(15)9-11(19-7-12-9)20(16,17)13-5-6-18-8-3-1-2-4-8/h7-8,13H,1-6H2,(H,14,15). The fourth-order valence-corrected chi connectivity index (χ4v) is 4.29. The van der Waals surface area contributed by atoms with Gasteiger partial charge in [0, 0.05) is 6.54 Å². The Balaban J connectivity index is 1.87. The number of sulfonamides is 1. The highest BCUT2D eigenvalue weighted by Gasteiger charge is 2.25. The summed E-state index contributed by atoms with van der Waals surface area (Å²) in [7, 11) is -3.84. The van der Waals surface area contributed by atoms with E-state index in [1.807, 2.05) is 0 Å². The first-order chi connectivity index (χ1) is 9.50. The van der Waals surface area contributed by atoms with Crippen LogP contribution in [-0.2, 0) is 14.8 Å². The van der Waals surface area contributed by atoms with Crippen LogP contribution in [0.4, 0.5) is 0 Å². The van der Waals surface area contributed by atoms with Crippen molar-refractivity contribution in [2.24, 2.45) is 0 Å². The lowest BCUT2D eigenvalue weighted by Crippen LogP contribution is -2.29. The molecule has 1 heterocycles. The van der Waals surface area contributed by atoms with Gasteiger partial charge in [-0.2, -0.15) is 0 Å². The van der Waals surface area contributed by atoms with Crippen LogP contribution in [0.25, 0.3) is 0 Å². The molecule has 0 unspecified atom stereocenters. The summed E-state index contributed by atoms with van der Waals surface area (Å²) < 4.78 is 31.5. The number of carboxylic acids is 1. The molecule has 0 amide bonds. The predicted octanol–water partition coefficient (Wildman–Crippen LogP) is 1.08. The molecule has 0 atom stereocenters. The van der Waals surface area contributed by atoms with E-state index in [0.717, 1.165) is 37.0 Å². The van der Waals surface area contributed by atoms with Gasteiger partial charge in [0.1, 0.15) is 0 Å². The van der Waals surface area contributed by atoms with E-state index in [1.165, 1.54) is 5.51 Å². The molecule has 0 aromatic carbocycles. The normalized spacial score (nSPS) is 16.6. The highest BCUT2D eigenvalue weighted by molar-refractivity contribution is 7.91. The molecule has 9 heteroatoms. The van der Waals surface area contributed by atoms with Gasteiger partial charge in [0.15, 0.2) is 9.90 Å². The Morgan fingerprint density at radius 1 is 1.50 bits per heavy atom. The van der Waals surface area contributed by atoms with Crippen LogP contribution < -0.4 is 4.72 Å². The molecule has 1 aliphatic carbocycles. The van der Waals surface area contributed by atoms with E-state index < -0.39 is 21.7 Å². The summed E-state index contributed by atoms with van der Waals surface area (Å²) in [5, 5.41) is 8.86. The lowest BCUT2D eigenvalue weighted by atomic mass is 10.3. The molecule has 1 saturated carbocycles. The van der Waals surface area contributed by atoms with E-state index in [1.54, 1.807) is 0 Å². The van der Waals surface area contributed by atoms with E-state index in [0.29, 0.717) is 0 Å². The van der Waals surface area contributed by atoms with Gasteiger partial charge in [-0.3, -0.25) is 0 Å². The van der Waals surface area contributed by atoms with Gasteiger partial charge in [-0.05, 0) is 12.8 Å². The number of nitrogens with one attached hydrogen (secondary N) is 1. The largest absolute Gasteiger partial charge is 0.476 e. The molecule has 1 aliphatic rings. The van der Waals surface area contributed by atoms with Crippen molar-refractivity contribution in [1.82, 2.24) is 9.71 Å². The second-order valence-corrected chi connectivity index (χ2v) is 7.29. The fraction of sp³-hybridized carbons (Fsp3) is 0.636. The summed E-state index contributed by atoms with van der Waals surface area (Å²) in [5.41, 5.74) is 0.756. The molecular weight excluding hydrogens is 304 g/mol. The van der Waals surface area contributed by atoms with Crippen LogP contribution in [0.3, 0.4) is 0 Å². The van der Waals surface area contributed by atoms with Crippen molar-refractivity contribution in [2.75, 3.05) is 13.2 Å². The number of nitrogens with zero attached hydrogens (tertiary/aromatic N) is 1. The maximum Gasteiger partial charge on any atom is 0.356 e. The zero-order valence-corrected chi connectivity index (χ0v) is 12.4. The Kier molecular flexibility index (Phi) is 5.08. The Labute approximate surface area is 121 Å². The molecule has 112 valence electrons. The topological polar surface area (TPSA) is 106 Å². The highest BCUT2D eigenvalue weighted by Crippen LogP contribution is 2.21. The lowest BCUT2D eigenvalue weighted by Gasteiger charge is -2.11. The number of aromatic carboxylic acids is 1. The lowest BCUT2D eigenvalue weighted by molar-refractivity contribution is 0.0626. The molecule has 0 spiro atoms. The Morgan fingerprint density at radius 3 is 2.85 bits per heavy atom. The number of ether oxygens (including phenoxy) is 1. The third kappa shape index (κ3) is 3.75. The summed E-state index contributed by atoms with van der Waals surface area (Å²) >= 11 is 0.785. The van der Waals surface area contributed by atoms with Gasteiger partial charge in [-0.1, -0.05) is 12.8 Å². The van der Waals surface area contributed by atoms with Crippen LogP contribution in [-0.4, -0.2) is 43.7 Å². The third-order valence-corrected chi connectivity index (χ3v) is 5.86. The predicted molar refractivity (Wildman–Crippen MR) is 72.5 cm³/mol. The average Bonchev–Trinajstić information content (AvgIpc) is 3.05. The maximum atomic E-state index is 12.0. The summed E-state index contributed by atoms with van der Waals surface area (Å²) in [4.78, 5) is 14.4. The minimum absolute atomic E-state index is 0.121. The highest BCUT2D eigenvalue weighted by atomic mass is 32.2. The number of hydrogen-bond donors (Lipinski definition) is 2. The van der Waals surface area contributed by atoms with Crippen LogP contribution in [0.1, 0.15) is 36.2 Å². The smallest absolute Gasteiger partial charge is 0.356 e. The first-order valence-corrected chi connectivity index (χ1v) is 8.65. The summed E-state index contributed by atoms with van der Waals surface area (Å²) in [6.45, 7) is 0.404. The van der Waals surface area contributed by atoms with Crippen LogP contribution >= 0.6 is 11.3 Å². The fourth-order valence-electron chi connectivity index (χ4n) is 2.09. The Hall–Kier alpha value is -1.03. The van der Waals surface area contributed by atoms with E-state index in [9.17, 15) is 13.2 Å². The molecule has 1 aromatic heterocycles. The van der Waals surface area contributed by atoms with Crippen molar-refractivity contribution >= 4 is 27.3 Å². The average molecular weight is 320 g/mol. The van der Waals surface area contributed by atoms with Crippen molar-refractivity contribution in [1.29, 1.82) is 0 Å². The van der Waals surface area contributed by atoms with Gasteiger partial charge in [0.2, 0.25) is 0 Å². The molecule has 1 aromatic rings. The Morgan fingerprint density at radius 2 is 2.20 bits per heavy atom. The van der Waals surface area contributed by atoms with Crippen molar-refractivity contribution in [3.8, 4) is 0 Å². The first-order valence-electron chi connectivity index (χ1n) is 6.29. The molecule has 0 bridgehead atoms. The van der Waals surface area contributed by atoms with Crippen molar-refractivity contribution in [3.05, 3.63) is 11.2 Å². The number of thiazole rings is 1. The second-order valence-electron chi connectivity index (χ2n) is 4.47. The molecule has 2 N–H and O–H groups in total. The number of rotatable bonds is 7. The van der Waals surface area contributed by atoms with Gasteiger partial charge in [0.25, 0.3) is 10.0 Å². The van der Waals surface area contributed by atoms with Crippen LogP contribution in [0.2, 0.25) is 0 Å². The molecule has 20 heavy (non-hydrogen) atoms. The van der Waals surface area contributed by atoms with Gasteiger partial charge in [-0.15, -0.1) is 11.3 Å². The van der Waals surface area contributed by atoms with E-state index in [-0.39, 0.29) is 23.5 Å². The SMILES string of the molecule is O=C(O)c1ncsc1S(=O)(=O)NCCOC1CCCC1. The van der Waals surface area contributed by atoms with Crippen molar-refractivity contribution in [3.63, 3.8) is 0 Å². The minimum Gasteiger partial charge on any atom is -0.476 e. The second kappa shape index (κ2) is 6.61. The van der Waals surface area contributed by atoms with Crippen molar-refractivity contribution in [2.45, 2.75) is 36.0 Å². The van der Waals surface area contributed by atoms with Crippen molar-refractivity contribution < 1.29 is 23.1 Å². The number of carboxylic acid groups (broad SMARTS) is 1. The quantitative estimate of drug-likeness (QED) is 0.728. The van der Waals surface area contributed by atoms with E-state index >= 15 is 0 Å². The monoisotopic (exact) mass is 320 g/mol. The molecule has 0 radical (unpaired) electrons. The van der Waals surface area contributed by atoms with Gasteiger partial charge >= 0.3 is 5.97 Å². The van der Waals surface area contributed by atoms with E-state index in [2.05, 4.69) is 9.71 Å².